The molecule has 0 amide bonds. The molecule has 1 unspecified atom stereocenters. The first-order valence-electron chi connectivity index (χ1n) is 6.75. The van der Waals surface area contributed by atoms with Gasteiger partial charge in [-0.1, -0.05) is 13.3 Å². The van der Waals surface area contributed by atoms with Crippen LogP contribution in [-0.2, 0) is 12.8 Å². The van der Waals surface area contributed by atoms with Crippen molar-refractivity contribution in [3.63, 3.8) is 0 Å². The van der Waals surface area contributed by atoms with Crippen molar-refractivity contribution in [2.24, 2.45) is 0 Å². The van der Waals surface area contributed by atoms with Crippen LogP contribution in [0.15, 0.2) is 0 Å². The van der Waals surface area contributed by atoms with E-state index in [2.05, 4.69) is 40.8 Å². The van der Waals surface area contributed by atoms with Crippen molar-refractivity contribution >= 4 is 0 Å². The maximum absolute atomic E-state index is 9.74. The average molecular weight is 252 g/mol. The Labute approximate surface area is 109 Å². The summed E-state index contributed by atoms with van der Waals surface area (Å²) < 4.78 is 0. The highest BCUT2D eigenvalue weighted by Crippen LogP contribution is 2.18. The molecule has 1 aromatic rings. The zero-order valence-electron chi connectivity index (χ0n) is 11.6. The lowest BCUT2D eigenvalue weighted by Crippen LogP contribution is -2.50. The van der Waals surface area contributed by atoms with E-state index in [-0.39, 0.29) is 5.88 Å². The molecule has 2 N–H and O–H groups in total. The summed E-state index contributed by atoms with van der Waals surface area (Å²) in [4.78, 5) is 12.2. The van der Waals surface area contributed by atoms with Gasteiger partial charge in [0.1, 0.15) is 5.82 Å². The van der Waals surface area contributed by atoms with Crippen molar-refractivity contribution in [3.8, 4) is 5.88 Å². The van der Waals surface area contributed by atoms with Crippen LogP contribution in [-0.4, -0.2) is 64.6 Å². The number of aromatic amines is 1. The van der Waals surface area contributed by atoms with E-state index < -0.39 is 0 Å². The summed E-state index contributed by atoms with van der Waals surface area (Å²) in [6, 6.07) is 0.476. The number of nitrogens with zero attached hydrogens (tertiary/aromatic N) is 3. The van der Waals surface area contributed by atoms with Crippen molar-refractivity contribution in [3.05, 3.63) is 11.5 Å². The van der Waals surface area contributed by atoms with Gasteiger partial charge in [-0.3, -0.25) is 0 Å². The van der Waals surface area contributed by atoms with Gasteiger partial charge in [-0.15, -0.1) is 0 Å². The number of nitrogens with one attached hydrogen (secondary N) is 1. The second-order valence-corrected chi connectivity index (χ2v) is 5.34. The highest BCUT2D eigenvalue weighted by molar-refractivity contribution is 5.20. The topological polar surface area (TPSA) is 55.4 Å². The van der Waals surface area contributed by atoms with E-state index in [9.17, 15) is 5.11 Å². The summed E-state index contributed by atoms with van der Waals surface area (Å²) in [6.45, 7) is 5.37. The molecule has 1 fully saturated rings. The molecule has 0 aromatic carbocycles. The highest BCUT2D eigenvalue weighted by atomic mass is 16.3. The molecular weight excluding hydrogens is 228 g/mol. The van der Waals surface area contributed by atoms with E-state index in [1.807, 2.05) is 0 Å². The normalized spacial score (nSPS) is 22.5. The summed E-state index contributed by atoms with van der Waals surface area (Å²) in [5.74, 6) is 1.08. The van der Waals surface area contributed by atoms with Crippen LogP contribution in [0.3, 0.4) is 0 Å². The number of imidazole rings is 1. The van der Waals surface area contributed by atoms with Crippen LogP contribution >= 0.6 is 0 Å². The van der Waals surface area contributed by atoms with Gasteiger partial charge in [0, 0.05) is 32.1 Å². The number of piperazine rings is 1. The quantitative estimate of drug-likeness (QED) is 0.834. The van der Waals surface area contributed by atoms with Crippen LogP contribution < -0.4 is 0 Å². The van der Waals surface area contributed by atoms with Crippen molar-refractivity contribution in [2.45, 2.75) is 32.2 Å². The minimum absolute atomic E-state index is 0.179. The minimum Gasteiger partial charge on any atom is -0.492 e. The molecule has 1 aromatic heterocycles. The van der Waals surface area contributed by atoms with Crippen LogP contribution in [0.1, 0.15) is 24.9 Å². The molecule has 1 saturated heterocycles. The Morgan fingerprint density at radius 1 is 1.39 bits per heavy atom. The lowest BCUT2D eigenvalue weighted by atomic mass is 10.1. The minimum atomic E-state index is 0.179. The van der Waals surface area contributed by atoms with Crippen molar-refractivity contribution in [2.75, 3.05) is 33.7 Å². The van der Waals surface area contributed by atoms with Crippen molar-refractivity contribution in [1.82, 2.24) is 19.8 Å². The molecular formula is C13H24N4O. The molecule has 0 bridgehead atoms. The zero-order chi connectivity index (χ0) is 13.1. The maximum atomic E-state index is 9.74. The van der Waals surface area contributed by atoms with E-state index in [1.165, 1.54) is 0 Å². The standard InChI is InChI=1S/C13H24N4O/c1-4-5-11-13(18)15-12(14-11)8-10-9-16(2)6-7-17(10)3/h10,18H,4-9H2,1-3H3,(H,14,15). The Balaban J connectivity index is 2.01. The molecule has 2 rings (SSSR count). The monoisotopic (exact) mass is 252 g/mol. The van der Waals surface area contributed by atoms with Crippen LogP contribution in [0.25, 0.3) is 0 Å². The Morgan fingerprint density at radius 3 is 2.89 bits per heavy atom. The number of rotatable bonds is 4. The third-order valence-corrected chi connectivity index (χ3v) is 3.72. The number of likely N-dealkylation sites (N-methyl/N-ethyl adjacent to an activating group) is 2. The number of hydrogen-bond acceptors (Lipinski definition) is 4. The molecule has 2 heterocycles. The molecule has 0 spiro atoms. The van der Waals surface area contributed by atoms with Crippen LogP contribution in [0.5, 0.6) is 5.88 Å². The number of aromatic nitrogens is 2. The molecule has 1 atom stereocenters. The SMILES string of the molecule is CCCc1[nH]c(CC2CN(C)CCN2C)nc1O. The molecule has 0 radical (unpaired) electrons. The second-order valence-electron chi connectivity index (χ2n) is 5.34. The van der Waals surface area contributed by atoms with Crippen molar-refractivity contribution < 1.29 is 5.11 Å². The number of H-pyrrole nitrogens is 1. The summed E-state index contributed by atoms with van der Waals surface area (Å²) in [6.07, 6.45) is 2.75. The predicted octanol–water partition coefficient (Wildman–Crippen LogP) is 0.856. The Hall–Kier alpha value is -1.07. The van der Waals surface area contributed by atoms with Gasteiger partial charge in [-0.2, -0.15) is 4.98 Å². The molecule has 18 heavy (non-hydrogen) atoms. The Bertz CT molecular complexity index is 390. The third kappa shape index (κ3) is 3.03. The second kappa shape index (κ2) is 5.71. The van der Waals surface area contributed by atoms with E-state index in [4.69, 9.17) is 0 Å². The third-order valence-electron chi connectivity index (χ3n) is 3.72. The van der Waals surface area contributed by atoms with E-state index in [1.54, 1.807) is 0 Å². The summed E-state index contributed by atoms with van der Waals surface area (Å²) >= 11 is 0. The van der Waals surface area contributed by atoms with Crippen LogP contribution in [0, 0.1) is 0 Å². The summed E-state index contributed by atoms with van der Waals surface area (Å²) in [5, 5.41) is 9.74. The number of hydrogen-bond donors (Lipinski definition) is 2. The van der Waals surface area contributed by atoms with E-state index in [0.717, 1.165) is 50.4 Å². The van der Waals surface area contributed by atoms with E-state index >= 15 is 0 Å². The zero-order valence-corrected chi connectivity index (χ0v) is 11.6. The largest absolute Gasteiger partial charge is 0.492 e. The molecule has 1 aliphatic rings. The van der Waals surface area contributed by atoms with Gasteiger partial charge in [0.25, 0.3) is 0 Å². The molecule has 1 aliphatic heterocycles. The average Bonchev–Trinajstić information content (AvgIpc) is 2.65. The molecule has 5 heteroatoms. The molecule has 102 valence electrons. The van der Waals surface area contributed by atoms with Gasteiger partial charge < -0.3 is 19.9 Å². The predicted molar refractivity (Wildman–Crippen MR) is 71.9 cm³/mol. The van der Waals surface area contributed by atoms with Gasteiger partial charge in [-0.05, 0) is 20.5 Å². The number of aryl methyl sites for hydroxylation is 1. The lowest BCUT2D eigenvalue weighted by Gasteiger charge is -2.37. The van der Waals surface area contributed by atoms with Gasteiger partial charge in [0.05, 0.1) is 5.69 Å². The van der Waals surface area contributed by atoms with Crippen LogP contribution in [0.2, 0.25) is 0 Å². The van der Waals surface area contributed by atoms with E-state index in [0.29, 0.717) is 6.04 Å². The molecule has 5 nitrogen and oxygen atoms in total. The molecule has 0 aliphatic carbocycles. The first-order chi connectivity index (χ1) is 8.60. The van der Waals surface area contributed by atoms with Gasteiger partial charge >= 0.3 is 0 Å². The van der Waals surface area contributed by atoms with Gasteiger partial charge in [0.15, 0.2) is 0 Å². The lowest BCUT2D eigenvalue weighted by molar-refractivity contribution is 0.113. The maximum Gasteiger partial charge on any atom is 0.232 e. The number of aromatic hydroxyl groups is 1. The summed E-state index contributed by atoms with van der Waals surface area (Å²) in [7, 11) is 4.32. The Morgan fingerprint density at radius 2 is 2.17 bits per heavy atom. The van der Waals surface area contributed by atoms with Crippen molar-refractivity contribution in [1.29, 1.82) is 0 Å². The Kier molecular flexibility index (Phi) is 4.24. The van der Waals surface area contributed by atoms with Gasteiger partial charge in [-0.25, -0.2) is 0 Å². The molecule has 0 saturated carbocycles. The smallest absolute Gasteiger partial charge is 0.232 e. The van der Waals surface area contributed by atoms with Crippen LogP contribution in [0.4, 0.5) is 0 Å². The fraction of sp³-hybridized carbons (Fsp3) is 0.769. The fourth-order valence-corrected chi connectivity index (χ4v) is 2.52. The highest BCUT2D eigenvalue weighted by Gasteiger charge is 2.23. The first-order valence-corrected chi connectivity index (χ1v) is 6.75. The van der Waals surface area contributed by atoms with Gasteiger partial charge in [0.2, 0.25) is 5.88 Å². The fourth-order valence-electron chi connectivity index (χ4n) is 2.52. The first kappa shape index (κ1) is 13.4. The summed E-state index contributed by atoms with van der Waals surface area (Å²) in [5.41, 5.74) is 0.874.